The molecule has 1 amide bonds. The third-order valence-electron chi connectivity index (χ3n) is 3.94. The highest BCUT2D eigenvalue weighted by Crippen LogP contribution is 2.34. The molecule has 0 bridgehead atoms. The molecule has 0 aromatic heterocycles. The topological polar surface area (TPSA) is 83.6 Å². The molecule has 0 saturated carbocycles. The molecule has 20 heavy (non-hydrogen) atoms. The van der Waals surface area contributed by atoms with E-state index in [-0.39, 0.29) is 11.3 Å². The predicted octanol–water partition coefficient (Wildman–Crippen LogP) is 1.88. The molecule has 1 aromatic carbocycles. The number of carbonyl (C=O) groups is 2. The Morgan fingerprint density at radius 1 is 1.50 bits per heavy atom. The molecular weight excluding hydrogens is 263 g/mol. The second kappa shape index (κ2) is 5.11. The third kappa shape index (κ3) is 2.11. The van der Waals surface area contributed by atoms with E-state index >= 15 is 0 Å². The summed E-state index contributed by atoms with van der Waals surface area (Å²) >= 11 is 0. The van der Waals surface area contributed by atoms with Gasteiger partial charge in [0.05, 0.1) is 5.56 Å². The van der Waals surface area contributed by atoms with E-state index in [0.29, 0.717) is 25.8 Å². The number of rotatable bonds is 3. The van der Waals surface area contributed by atoms with Gasteiger partial charge in [-0.1, -0.05) is 6.92 Å². The summed E-state index contributed by atoms with van der Waals surface area (Å²) in [6, 6.07) is 3.80. The van der Waals surface area contributed by atoms with E-state index in [4.69, 9.17) is 5.73 Å². The van der Waals surface area contributed by atoms with Crippen molar-refractivity contribution in [2.24, 2.45) is 0 Å². The number of anilines is 1. The van der Waals surface area contributed by atoms with Crippen LogP contribution in [0.3, 0.4) is 0 Å². The van der Waals surface area contributed by atoms with Crippen LogP contribution < -0.4 is 5.73 Å². The molecule has 1 fully saturated rings. The molecule has 1 aromatic rings. The van der Waals surface area contributed by atoms with Gasteiger partial charge < -0.3 is 15.7 Å². The van der Waals surface area contributed by atoms with Gasteiger partial charge in [-0.3, -0.25) is 4.79 Å². The molecule has 1 heterocycles. The summed E-state index contributed by atoms with van der Waals surface area (Å²) in [6.07, 6.45) is 1.29. The van der Waals surface area contributed by atoms with Gasteiger partial charge in [0, 0.05) is 12.2 Å². The lowest BCUT2D eigenvalue weighted by Crippen LogP contribution is -2.52. The molecule has 108 valence electrons. The highest BCUT2D eigenvalue weighted by Gasteiger charge is 2.48. The van der Waals surface area contributed by atoms with Crippen molar-refractivity contribution in [3.63, 3.8) is 0 Å². The minimum absolute atomic E-state index is 0.139. The minimum atomic E-state index is -1.23. The largest absolute Gasteiger partial charge is 0.479 e. The molecule has 1 aliphatic heterocycles. The maximum absolute atomic E-state index is 13.8. The summed E-state index contributed by atoms with van der Waals surface area (Å²) < 4.78 is 13.8. The van der Waals surface area contributed by atoms with Crippen molar-refractivity contribution >= 4 is 17.6 Å². The molecule has 1 atom stereocenters. The number of amides is 1. The fourth-order valence-corrected chi connectivity index (χ4v) is 2.77. The maximum atomic E-state index is 13.8. The predicted molar refractivity (Wildman–Crippen MR) is 71.7 cm³/mol. The quantitative estimate of drug-likeness (QED) is 0.828. The van der Waals surface area contributed by atoms with Crippen LogP contribution in [0.5, 0.6) is 0 Å². The summed E-state index contributed by atoms with van der Waals surface area (Å²) in [6.45, 7) is 2.04. The third-order valence-corrected chi connectivity index (χ3v) is 3.94. The Labute approximate surface area is 116 Å². The second-order valence-corrected chi connectivity index (χ2v) is 4.99. The Bertz CT molecular complexity index is 561. The van der Waals surface area contributed by atoms with Crippen molar-refractivity contribution < 1.29 is 19.1 Å². The van der Waals surface area contributed by atoms with Crippen LogP contribution in [-0.4, -0.2) is 34.0 Å². The van der Waals surface area contributed by atoms with E-state index in [0.717, 1.165) is 6.07 Å². The molecule has 6 heteroatoms. The number of benzene rings is 1. The number of carboxylic acid groups (broad SMARTS) is 1. The first-order valence-corrected chi connectivity index (χ1v) is 6.53. The van der Waals surface area contributed by atoms with Crippen LogP contribution in [0.1, 0.15) is 36.5 Å². The van der Waals surface area contributed by atoms with E-state index in [9.17, 15) is 19.1 Å². The van der Waals surface area contributed by atoms with E-state index in [1.807, 2.05) is 0 Å². The zero-order chi connectivity index (χ0) is 14.9. The normalized spacial score (nSPS) is 22.0. The van der Waals surface area contributed by atoms with Crippen molar-refractivity contribution in [2.45, 2.75) is 31.7 Å². The van der Waals surface area contributed by atoms with Crippen molar-refractivity contribution in [1.29, 1.82) is 0 Å². The van der Waals surface area contributed by atoms with E-state index in [1.165, 1.54) is 17.0 Å². The second-order valence-electron chi connectivity index (χ2n) is 4.99. The molecule has 2 rings (SSSR count). The van der Waals surface area contributed by atoms with Gasteiger partial charge in [-0.25, -0.2) is 9.18 Å². The lowest BCUT2D eigenvalue weighted by atomic mass is 9.92. The van der Waals surface area contributed by atoms with Crippen molar-refractivity contribution in [3.05, 3.63) is 29.6 Å². The lowest BCUT2D eigenvalue weighted by Gasteiger charge is -2.34. The fourth-order valence-electron chi connectivity index (χ4n) is 2.77. The van der Waals surface area contributed by atoms with Gasteiger partial charge in [-0.05, 0) is 37.5 Å². The van der Waals surface area contributed by atoms with Gasteiger partial charge in [0.2, 0.25) is 0 Å². The van der Waals surface area contributed by atoms with Gasteiger partial charge in [0.25, 0.3) is 5.91 Å². The van der Waals surface area contributed by atoms with Crippen molar-refractivity contribution in [2.75, 3.05) is 12.3 Å². The van der Waals surface area contributed by atoms with Gasteiger partial charge in [-0.2, -0.15) is 0 Å². The van der Waals surface area contributed by atoms with E-state index in [1.54, 1.807) is 6.92 Å². The highest BCUT2D eigenvalue weighted by atomic mass is 19.1. The Balaban J connectivity index is 2.39. The first-order chi connectivity index (χ1) is 9.42. The summed E-state index contributed by atoms with van der Waals surface area (Å²) in [5.74, 6) is -2.36. The monoisotopic (exact) mass is 280 g/mol. The number of hydrogen-bond acceptors (Lipinski definition) is 3. The number of carboxylic acids is 1. The molecule has 0 spiro atoms. The number of hydrogen-bond donors (Lipinski definition) is 2. The average Bonchev–Trinajstić information content (AvgIpc) is 2.83. The Kier molecular flexibility index (Phi) is 3.65. The SMILES string of the molecule is CCC1(C(=O)O)CCCN1C(=O)c1ccc(N)cc1F. The number of aliphatic carboxylic acids is 1. The van der Waals surface area contributed by atoms with Gasteiger partial charge in [0.1, 0.15) is 11.4 Å². The first kappa shape index (κ1) is 14.3. The molecular formula is C14H17FN2O3. The number of nitrogen functional groups attached to an aromatic ring is 1. The van der Waals surface area contributed by atoms with Gasteiger partial charge in [0.15, 0.2) is 0 Å². The zero-order valence-electron chi connectivity index (χ0n) is 11.2. The van der Waals surface area contributed by atoms with Crippen LogP contribution in [0, 0.1) is 5.82 Å². The first-order valence-electron chi connectivity index (χ1n) is 6.53. The van der Waals surface area contributed by atoms with Crippen LogP contribution in [0.15, 0.2) is 18.2 Å². The fraction of sp³-hybridized carbons (Fsp3) is 0.429. The van der Waals surface area contributed by atoms with Crippen LogP contribution >= 0.6 is 0 Å². The molecule has 3 N–H and O–H groups in total. The Hall–Kier alpha value is -2.11. The average molecular weight is 280 g/mol. The van der Waals surface area contributed by atoms with Crippen LogP contribution in [-0.2, 0) is 4.79 Å². The number of nitrogens with two attached hydrogens (primary N) is 1. The van der Waals surface area contributed by atoms with Crippen LogP contribution in [0.2, 0.25) is 0 Å². The molecule has 1 saturated heterocycles. The van der Waals surface area contributed by atoms with Crippen LogP contribution in [0.25, 0.3) is 0 Å². The smallest absolute Gasteiger partial charge is 0.329 e. The van der Waals surface area contributed by atoms with E-state index in [2.05, 4.69) is 0 Å². The van der Waals surface area contributed by atoms with E-state index < -0.39 is 23.2 Å². The molecule has 0 aliphatic carbocycles. The standard InChI is InChI=1S/C14H17FN2O3/c1-2-14(13(19)20)6-3-7-17(14)12(18)10-5-4-9(16)8-11(10)15/h4-5,8H,2-3,6-7,16H2,1H3,(H,19,20). The molecule has 0 radical (unpaired) electrons. The molecule has 5 nitrogen and oxygen atoms in total. The summed E-state index contributed by atoms with van der Waals surface area (Å²) in [5, 5.41) is 9.44. The molecule has 1 unspecified atom stereocenters. The maximum Gasteiger partial charge on any atom is 0.329 e. The van der Waals surface area contributed by atoms with Gasteiger partial charge >= 0.3 is 5.97 Å². The zero-order valence-corrected chi connectivity index (χ0v) is 11.2. The minimum Gasteiger partial charge on any atom is -0.479 e. The summed E-state index contributed by atoms with van der Waals surface area (Å²) in [7, 11) is 0. The summed E-state index contributed by atoms with van der Waals surface area (Å²) in [5.41, 5.74) is 4.30. The highest BCUT2D eigenvalue weighted by molar-refractivity contribution is 5.98. The number of likely N-dealkylation sites (tertiary alicyclic amines) is 1. The Morgan fingerprint density at radius 2 is 2.20 bits per heavy atom. The number of carbonyl (C=O) groups excluding carboxylic acids is 1. The van der Waals surface area contributed by atoms with Crippen molar-refractivity contribution in [1.82, 2.24) is 4.90 Å². The Morgan fingerprint density at radius 3 is 2.75 bits per heavy atom. The lowest BCUT2D eigenvalue weighted by molar-refractivity contribution is -0.148. The van der Waals surface area contributed by atoms with Gasteiger partial charge in [-0.15, -0.1) is 0 Å². The molecule has 1 aliphatic rings. The number of halogens is 1. The number of nitrogens with zero attached hydrogens (tertiary/aromatic N) is 1. The van der Waals surface area contributed by atoms with Crippen LogP contribution in [0.4, 0.5) is 10.1 Å². The summed E-state index contributed by atoms with van der Waals surface area (Å²) in [4.78, 5) is 25.2. The van der Waals surface area contributed by atoms with Crippen molar-refractivity contribution in [3.8, 4) is 0 Å².